The van der Waals surface area contributed by atoms with Crippen LogP contribution in [0.15, 0.2) is 0 Å². The molecular formula is C12H22N2. The molecule has 80 valence electrons. The summed E-state index contributed by atoms with van der Waals surface area (Å²) in [6.45, 7) is 7.68. The first-order valence-electron chi connectivity index (χ1n) is 6.29. The van der Waals surface area contributed by atoms with Crippen molar-refractivity contribution in [3.05, 3.63) is 0 Å². The third-order valence-electron chi connectivity index (χ3n) is 4.70. The van der Waals surface area contributed by atoms with Gasteiger partial charge in [0.2, 0.25) is 0 Å². The number of rotatable bonds is 1. The number of fused-ring (bicyclic) bond motifs is 1. The maximum Gasteiger partial charge on any atom is 0.0258 e. The lowest BCUT2D eigenvalue weighted by atomic mass is 10.0. The smallest absolute Gasteiger partial charge is 0.0258 e. The molecule has 0 bridgehead atoms. The molecule has 2 nitrogen and oxygen atoms in total. The van der Waals surface area contributed by atoms with Crippen LogP contribution in [0.3, 0.4) is 0 Å². The van der Waals surface area contributed by atoms with Crippen LogP contribution in [0, 0.1) is 17.8 Å². The van der Waals surface area contributed by atoms with E-state index in [0.717, 1.165) is 23.8 Å². The van der Waals surface area contributed by atoms with Crippen molar-refractivity contribution >= 4 is 0 Å². The van der Waals surface area contributed by atoms with Crippen molar-refractivity contribution in [1.29, 1.82) is 0 Å². The summed E-state index contributed by atoms with van der Waals surface area (Å²) in [4.78, 5) is 2.78. The molecule has 2 heteroatoms. The molecule has 4 atom stereocenters. The summed E-state index contributed by atoms with van der Waals surface area (Å²) in [6.07, 6.45) is 4.52. The van der Waals surface area contributed by atoms with Gasteiger partial charge in [-0.15, -0.1) is 0 Å². The van der Waals surface area contributed by atoms with Gasteiger partial charge in [0.05, 0.1) is 0 Å². The Kier molecular flexibility index (Phi) is 2.29. The average Bonchev–Trinajstić information content (AvgIpc) is 2.75. The first-order valence-corrected chi connectivity index (χ1v) is 6.29. The van der Waals surface area contributed by atoms with Gasteiger partial charge in [-0.05, 0) is 37.1 Å². The molecule has 0 spiro atoms. The first kappa shape index (κ1) is 9.17. The Hall–Kier alpha value is -0.0800. The zero-order chi connectivity index (χ0) is 9.54. The van der Waals surface area contributed by atoms with Crippen molar-refractivity contribution < 1.29 is 0 Å². The van der Waals surface area contributed by atoms with Crippen molar-refractivity contribution in [3.8, 4) is 0 Å². The molecule has 3 fully saturated rings. The van der Waals surface area contributed by atoms with Crippen LogP contribution in [0.1, 0.15) is 26.2 Å². The number of nitrogens with zero attached hydrogens (tertiary/aromatic N) is 1. The van der Waals surface area contributed by atoms with E-state index in [1.165, 1.54) is 45.4 Å². The average molecular weight is 194 g/mol. The van der Waals surface area contributed by atoms with E-state index in [2.05, 4.69) is 17.1 Å². The Bertz CT molecular complexity index is 204. The third-order valence-corrected chi connectivity index (χ3v) is 4.70. The molecule has 4 unspecified atom stereocenters. The van der Waals surface area contributed by atoms with Crippen molar-refractivity contribution in [2.45, 2.75) is 32.2 Å². The maximum atomic E-state index is 3.52. The predicted octanol–water partition coefficient (Wildman–Crippen LogP) is 1.33. The molecule has 0 aromatic carbocycles. The molecule has 0 amide bonds. The van der Waals surface area contributed by atoms with E-state index >= 15 is 0 Å². The van der Waals surface area contributed by atoms with E-state index in [-0.39, 0.29) is 0 Å². The Morgan fingerprint density at radius 3 is 2.36 bits per heavy atom. The van der Waals surface area contributed by atoms with Crippen molar-refractivity contribution in [3.63, 3.8) is 0 Å². The minimum absolute atomic E-state index is 0.848. The summed E-state index contributed by atoms with van der Waals surface area (Å²) < 4.78 is 0. The maximum absolute atomic E-state index is 3.52. The summed E-state index contributed by atoms with van der Waals surface area (Å²) in [5.74, 6) is 2.99. The second-order valence-electron chi connectivity index (χ2n) is 5.61. The van der Waals surface area contributed by atoms with E-state index in [9.17, 15) is 0 Å². The van der Waals surface area contributed by atoms with Crippen LogP contribution in [0.4, 0.5) is 0 Å². The quantitative estimate of drug-likeness (QED) is 0.677. The van der Waals surface area contributed by atoms with Crippen molar-refractivity contribution in [1.82, 2.24) is 10.2 Å². The van der Waals surface area contributed by atoms with Gasteiger partial charge in [0, 0.05) is 25.7 Å². The molecule has 2 heterocycles. The van der Waals surface area contributed by atoms with Crippen LogP contribution in [0.2, 0.25) is 0 Å². The summed E-state index contributed by atoms with van der Waals surface area (Å²) in [5.41, 5.74) is 0. The second kappa shape index (κ2) is 3.49. The van der Waals surface area contributed by atoms with Crippen LogP contribution >= 0.6 is 0 Å². The summed E-state index contributed by atoms with van der Waals surface area (Å²) >= 11 is 0. The van der Waals surface area contributed by atoms with Gasteiger partial charge in [0.25, 0.3) is 0 Å². The van der Waals surface area contributed by atoms with E-state index in [1.54, 1.807) is 0 Å². The Balaban J connectivity index is 1.65. The highest BCUT2D eigenvalue weighted by atomic mass is 15.2. The topological polar surface area (TPSA) is 15.3 Å². The highest BCUT2D eigenvalue weighted by Gasteiger charge is 2.40. The van der Waals surface area contributed by atoms with E-state index in [4.69, 9.17) is 0 Å². The van der Waals surface area contributed by atoms with Gasteiger partial charge in [0.15, 0.2) is 0 Å². The zero-order valence-corrected chi connectivity index (χ0v) is 9.21. The molecule has 1 N–H and O–H groups in total. The predicted molar refractivity (Wildman–Crippen MR) is 58.2 cm³/mol. The summed E-state index contributed by atoms with van der Waals surface area (Å²) in [7, 11) is 0. The van der Waals surface area contributed by atoms with Gasteiger partial charge in [-0.2, -0.15) is 0 Å². The molecule has 0 aromatic rings. The van der Waals surface area contributed by atoms with E-state index in [0.29, 0.717) is 0 Å². The molecule has 1 saturated carbocycles. The molecule has 0 aromatic heterocycles. The number of hydrogen-bond donors (Lipinski definition) is 1. The lowest BCUT2D eigenvalue weighted by Crippen LogP contribution is -2.38. The fourth-order valence-electron chi connectivity index (χ4n) is 3.83. The third kappa shape index (κ3) is 1.40. The molecule has 1 aliphatic carbocycles. The second-order valence-corrected chi connectivity index (χ2v) is 5.61. The number of hydrogen-bond acceptors (Lipinski definition) is 2. The number of nitrogens with one attached hydrogen (secondary N) is 1. The molecular weight excluding hydrogens is 172 g/mol. The van der Waals surface area contributed by atoms with E-state index < -0.39 is 0 Å². The van der Waals surface area contributed by atoms with Crippen LogP contribution in [-0.2, 0) is 0 Å². The van der Waals surface area contributed by atoms with Gasteiger partial charge in [-0.1, -0.05) is 13.3 Å². The lowest BCUT2D eigenvalue weighted by molar-refractivity contribution is 0.204. The molecule has 0 radical (unpaired) electrons. The van der Waals surface area contributed by atoms with Gasteiger partial charge in [-0.25, -0.2) is 0 Å². The van der Waals surface area contributed by atoms with Gasteiger partial charge in [0.1, 0.15) is 0 Å². The molecule has 2 aliphatic heterocycles. The molecule has 2 saturated heterocycles. The first-order chi connectivity index (χ1) is 6.84. The SMILES string of the molecule is CC1CNCC1N1CC2CCCC2C1. The fourth-order valence-corrected chi connectivity index (χ4v) is 3.83. The highest BCUT2D eigenvalue weighted by molar-refractivity contribution is 4.95. The molecule has 14 heavy (non-hydrogen) atoms. The summed E-state index contributed by atoms with van der Waals surface area (Å²) in [6, 6.07) is 0.848. The summed E-state index contributed by atoms with van der Waals surface area (Å²) in [5, 5.41) is 3.52. The Labute approximate surface area is 87.0 Å². The standard InChI is InChI=1S/C12H22N2/c1-9-5-13-6-12(9)14-7-10-3-2-4-11(10)8-14/h9-13H,2-8H2,1H3. The van der Waals surface area contributed by atoms with Crippen LogP contribution < -0.4 is 5.32 Å². The monoisotopic (exact) mass is 194 g/mol. The fraction of sp³-hybridized carbons (Fsp3) is 1.00. The minimum Gasteiger partial charge on any atom is -0.315 e. The Morgan fingerprint density at radius 1 is 1.07 bits per heavy atom. The largest absolute Gasteiger partial charge is 0.315 e. The minimum atomic E-state index is 0.848. The highest BCUT2D eigenvalue weighted by Crippen LogP contribution is 2.39. The van der Waals surface area contributed by atoms with Crippen molar-refractivity contribution in [2.75, 3.05) is 26.2 Å². The van der Waals surface area contributed by atoms with Crippen LogP contribution in [-0.4, -0.2) is 37.1 Å². The van der Waals surface area contributed by atoms with E-state index in [1.807, 2.05) is 0 Å². The Morgan fingerprint density at radius 2 is 1.79 bits per heavy atom. The van der Waals surface area contributed by atoms with Gasteiger partial charge < -0.3 is 5.32 Å². The van der Waals surface area contributed by atoms with Gasteiger partial charge in [-0.3, -0.25) is 4.90 Å². The van der Waals surface area contributed by atoms with Crippen LogP contribution in [0.5, 0.6) is 0 Å². The van der Waals surface area contributed by atoms with Crippen LogP contribution in [0.25, 0.3) is 0 Å². The molecule has 3 rings (SSSR count). The lowest BCUT2D eigenvalue weighted by Gasteiger charge is -2.27. The van der Waals surface area contributed by atoms with Crippen molar-refractivity contribution in [2.24, 2.45) is 17.8 Å². The normalized spacial score (nSPS) is 48.6. The van der Waals surface area contributed by atoms with Gasteiger partial charge >= 0.3 is 0 Å². The molecule has 3 aliphatic rings. The zero-order valence-electron chi connectivity index (χ0n) is 9.21. The number of likely N-dealkylation sites (tertiary alicyclic amines) is 1.